The van der Waals surface area contributed by atoms with E-state index in [2.05, 4.69) is 10.2 Å². The number of piperidine rings is 1. The number of hydrogen-bond acceptors (Lipinski definition) is 7. The Morgan fingerprint density at radius 2 is 2.14 bits per heavy atom. The first-order valence-corrected chi connectivity index (χ1v) is 10.0. The number of hydrogen-bond donors (Lipinski definition) is 0. The zero-order chi connectivity index (χ0) is 19.5. The molecule has 3 aromatic rings. The van der Waals surface area contributed by atoms with Gasteiger partial charge >= 0.3 is 0 Å². The molecular weight excluding hydrogens is 378 g/mol. The lowest BCUT2D eigenvalue weighted by Crippen LogP contribution is -2.39. The van der Waals surface area contributed by atoms with Gasteiger partial charge in [-0.25, -0.2) is 0 Å². The number of benzene rings is 1. The minimum atomic E-state index is -0.0852. The summed E-state index contributed by atoms with van der Waals surface area (Å²) < 4.78 is 16.5. The molecule has 0 saturated carbocycles. The van der Waals surface area contributed by atoms with Crippen molar-refractivity contribution >= 4 is 17.2 Å². The number of methoxy groups -OCH3 is 2. The van der Waals surface area contributed by atoms with E-state index in [1.807, 2.05) is 21.7 Å². The molecule has 28 heavy (non-hydrogen) atoms. The van der Waals surface area contributed by atoms with E-state index in [0.717, 1.165) is 18.4 Å². The number of thiophene rings is 1. The maximum Gasteiger partial charge on any atom is 0.257 e. The molecule has 7 nitrogen and oxygen atoms in total. The molecule has 0 radical (unpaired) electrons. The lowest BCUT2D eigenvalue weighted by atomic mass is 9.97. The van der Waals surface area contributed by atoms with E-state index in [9.17, 15) is 4.79 Å². The van der Waals surface area contributed by atoms with Gasteiger partial charge in [0, 0.05) is 24.0 Å². The molecule has 4 rings (SSSR count). The molecule has 0 spiro atoms. The topological polar surface area (TPSA) is 77.7 Å². The van der Waals surface area contributed by atoms with Gasteiger partial charge in [0.1, 0.15) is 11.5 Å². The normalized spacial score (nSPS) is 16.8. The Balaban J connectivity index is 1.53. The van der Waals surface area contributed by atoms with Gasteiger partial charge in [-0.3, -0.25) is 4.79 Å². The van der Waals surface area contributed by atoms with Crippen molar-refractivity contribution in [1.82, 2.24) is 15.1 Å². The first kappa shape index (κ1) is 18.5. The standard InChI is InChI=1S/C20H21N3O4S/c1-25-15-5-6-17(26-2)16(10-15)20(24)23-8-3-4-13(11-23)18-21-22-19(27-18)14-7-9-28-12-14/h5-7,9-10,12-13H,3-4,8,11H2,1-2H3. The quantitative estimate of drug-likeness (QED) is 0.649. The van der Waals surface area contributed by atoms with Crippen molar-refractivity contribution in [1.29, 1.82) is 0 Å². The van der Waals surface area contributed by atoms with Gasteiger partial charge in [-0.15, -0.1) is 10.2 Å². The van der Waals surface area contributed by atoms with Gasteiger partial charge in [-0.05, 0) is 42.5 Å². The zero-order valence-electron chi connectivity index (χ0n) is 15.8. The van der Waals surface area contributed by atoms with Gasteiger partial charge in [0.15, 0.2) is 0 Å². The molecule has 1 aliphatic rings. The molecule has 0 bridgehead atoms. The number of aromatic nitrogens is 2. The second kappa shape index (κ2) is 8.02. The Kier molecular flexibility index (Phi) is 5.29. The molecule has 0 N–H and O–H groups in total. The number of carbonyl (C=O) groups is 1. The Bertz CT molecular complexity index is 954. The van der Waals surface area contributed by atoms with Gasteiger partial charge < -0.3 is 18.8 Å². The molecule has 0 aliphatic carbocycles. The van der Waals surface area contributed by atoms with E-state index in [-0.39, 0.29) is 11.8 Å². The summed E-state index contributed by atoms with van der Waals surface area (Å²) in [5.74, 6) is 2.19. The third-order valence-electron chi connectivity index (χ3n) is 4.90. The second-order valence-electron chi connectivity index (χ2n) is 6.61. The predicted molar refractivity (Wildman–Crippen MR) is 105 cm³/mol. The van der Waals surface area contributed by atoms with Crippen molar-refractivity contribution in [3.63, 3.8) is 0 Å². The zero-order valence-corrected chi connectivity index (χ0v) is 16.6. The largest absolute Gasteiger partial charge is 0.497 e. The van der Waals surface area contributed by atoms with Gasteiger partial charge in [-0.2, -0.15) is 11.3 Å². The van der Waals surface area contributed by atoms with Crippen LogP contribution in [0.4, 0.5) is 0 Å². The first-order valence-electron chi connectivity index (χ1n) is 9.07. The Morgan fingerprint density at radius 1 is 1.25 bits per heavy atom. The summed E-state index contributed by atoms with van der Waals surface area (Å²) in [6.45, 7) is 1.21. The number of likely N-dealkylation sites (tertiary alicyclic amines) is 1. The van der Waals surface area contributed by atoms with Gasteiger partial charge in [0.25, 0.3) is 5.91 Å². The lowest BCUT2D eigenvalue weighted by Gasteiger charge is -2.31. The first-order chi connectivity index (χ1) is 13.7. The summed E-state index contributed by atoms with van der Waals surface area (Å²) in [6, 6.07) is 7.19. The van der Waals surface area contributed by atoms with Crippen LogP contribution in [0.1, 0.15) is 35.0 Å². The SMILES string of the molecule is COc1ccc(OC)c(C(=O)N2CCCC(c3nnc(-c4ccsc4)o3)C2)c1. The van der Waals surface area contributed by atoms with Crippen molar-refractivity contribution in [2.75, 3.05) is 27.3 Å². The number of nitrogens with zero attached hydrogens (tertiary/aromatic N) is 3. The van der Waals surface area contributed by atoms with Crippen molar-refractivity contribution < 1.29 is 18.7 Å². The fourth-order valence-electron chi connectivity index (χ4n) is 3.42. The van der Waals surface area contributed by atoms with E-state index >= 15 is 0 Å². The van der Waals surface area contributed by atoms with Crippen molar-refractivity contribution in [2.45, 2.75) is 18.8 Å². The van der Waals surface area contributed by atoms with Crippen LogP contribution >= 0.6 is 11.3 Å². The van der Waals surface area contributed by atoms with Crippen LogP contribution in [0.15, 0.2) is 39.4 Å². The Labute approximate surface area is 166 Å². The highest BCUT2D eigenvalue weighted by Gasteiger charge is 2.30. The molecule has 8 heteroatoms. The van der Waals surface area contributed by atoms with Crippen LogP contribution in [0.3, 0.4) is 0 Å². The Hall–Kier alpha value is -2.87. The highest BCUT2D eigenvalue weighted by molar-refractivity contribution is 7.08. The van der Waals surface area contributed by atoms with Gasteiger partial charge in [0.2, 0.25) is 11.8 Å². The maximum atomic E-state index is 13.1. The van der Waals surface area contributed by atoms with Crippen LogP contribution in [-0.2, 0) is 0 Å². The molecule has 1 fully saturated rings. The van der Waals surface area contributed by atoms with E-state index in [1.54, 1.807) is 43.8 Å². The third-order valence-corrected chi connectivity index (χ3v) is 5.59. The van der Waals surface area contributed by atoms with Crippen molar-refractivity contribution in [3.8, 4) is 23.0 Å². The number of carbonyl (C=O) groups excluding carboxylic acids is 1. The molecule has 1 unspecified atom stereocenters. The summed E-state index contributed by atoms with van der Waals surface area (Å²) in [4.78, 5) is 15.0. The summed E-state index contributed by atoms with van der Waals surface area (Å²) >= 11 is 1.58. The average molecular weight is 399 g/mol. The summed E-state index contributed by atoms with van der Waals surface area (Å²) in [6.07, 6.45) is 1.78. The maximum absolute atomic E-state index is 13.1. The smallest absolute Gasteiger partial charge is 0.257 e. The fraction of sp³-hybridized carbons (Fsp3) is 0.350. The van der Waals surface area contributed by atoms with Crippen LogP contribution in [-0.4, -0.2) is 48.3 Å². The van der Waals surface area contributed by atoms with E-state index < -0.39 is 0 Å². The Morgan fingerprint density at radius 3 is 2.89 bits per heavy atom. The van der Waals surface area contributed by atoms with Crippen LogP contribution in [0, 0.1) is 0 Å². The number of ether oxygens (including phenoxy) is 2. The van der Waals surface area contributed by atoms with E-state index in [4.69, 9.17) is 13.9 Å². The predicted octanol–water partition coefficient (Wildman–Crippen LogP) is 3.84. The minimum absolute atomic E-state index is 0.0224. The lowest BCUT2D eigenvalue weighted by molar-refractivity contribution is 0.0694. The molecule has 1 aliphatic heterocycles. The number of rotatable bonds is 5. The molecule has 2 aromatic heterocycles. The van der Waals surface area contributed by atoms with Crippen molar-refractivity contribution in [3.05, 3.63) is 46.5 Å². The molecular formula is C20H21N3O4S. The highest BCUT2D eigenvalue weighted by atomic mass is 32.1. The van der Waals surface area contributed by atoms with E-state index in [0.29, 0.717) is 41.9 Å². The van der Waals surface area contributed by atoms with Crippen molar-refractivity contribution in [2.24, 2.45) is 0 Å². The van der Waals surface area contributed by atoms with Crippen LogP contribution in [0.5, 0.6) is 11.5 Å². The van der Waals surface area contributed by atoms with Crippen LogP contribution in [0.25, 0.3) is 11.5 Å². The third kappa shape index (κ3) is 3.60. The molecule has 1 saturated heterocycles. The molecule has 146 valence electrons. The highest BCUT2D eigenvalue weighted by Crippen LogP contribution is 2.31. The fourth-order valence-corrected chi connectivity index (χ4v) is 4.05. The summed E-state index contributed by atoms with van der Waals surface area (Å²) in [7, 11) is 3.13. The van der Waals surface area contributed by atoms with Gasteiger partial charge in [-0.1, -0.05) is 0 Å². The number of amides is 1. The van der Waals surface area contributed by atoms with Gasteiger partial charge in [0.05, 0.1) is 25.7 Å². The summed E-state index contributed by atoms with van der Waals surface area (Å²) in [5, 5.41) is 12.3. The summed E-state index contributed by atoms with van der Waals surface area (Å²) in [5.41, 5.74) is 1.42. The van der Waals surface area contributed by atoms with Crippen LogP contribution < -0.4 is 9.47 Å². The second-order valence-corrected chi connectivity index (χ2v) is 7.39. The minimum Gasteiger partial charge on any atom is -0.497 e. The van der Waals surface area contributed by atoms with E-state index in [1.165, 1.54) is 0 Å². The molecule has 1 atom stereocenters. The molecule has 1 aromatic carbocycles. The van der Waals surface area contributed by atoms with Crippen LogP contribution in [0.2, 0.25) is 0 Å². The average Bonchev–Trinajstić information content (AvgIpc) is 3.44. The molecule has 1 amide bonds. The monoisotopic (exact) mass is 399 g/mol. The molecule has 3 heterocycles.